The predicted octanol–water partition coefficient (Wildman–Crippen LogP) is -4.17. The van der Waals surface area contributed by atoms with E-state index in [4.69, 9.17) is 26.8 Å². The number of hydrogen-bond acceptors (Lipinski definition) is 9. The van der Waals surface area contributed by atoms with Gasteiger partial charge in [0.25, 0.3) is 0 Å². The molecular formula is C17H31N5O9. The second-order valence-electron chi connectivity index (χ2n) is 6.86. The van der Waals surface area contributed by atoms with Crippen molar-refractivity contribution in [3.8, 4) is 0 Å². The van der Waals surface area contributed by atoms with Gasteiger partial charge in [-0.25, -0.2) is 4.79 Å². The van der Waals surface area contributed by atoms with Crippen LogP contribution in [0.15, 0.2) is 0 Å². The second-order valence-corrected chi connectivity index (χ2v) is 6.86. The van der Waals surface area contributed by atoms with E-state index in [-0.39, 0.29) is 6.42 Å². The smallest absolute Gasteiger partial charge is 0.328 e. The van der Waals surface area contributed by atoms with Gasteiger partial charge in [-0.1, -0.05) is 0 Å². The highest BCUT2D eigenvalue weighted by Gasteiger charge is 2.32. The summed E-state index contributed by atoms with van der Waals surface area (Å²) in [5, 5.41) is 43.0. The van der Waals surface area contributed by atoms with Gasteiger partial charge in [0.05, 0.1) is 19.1 Å². The van der Waals surface area contributed by atoms with Crippen LogP contribution in [0, 0.1) is 0 Å². The Morgan fingerprint density at radius 2 is 1.45 bits per heavy atom. The lowest BCUT2D eigenvalue weighted by Gasteiger charge is -2.25. The summed E-state index contributed by atoms with van der Waals surface area (Å²) in [5.41, 5.74) is 10.8. The first-order chi connectivity index (χ1) is 14.4. The van der Waals surface area contributed by atoms with Crippen LogP contribution in [-0.4, -0.2) is 93.5 Å². The van der Waals surface area contributed by atoms with Gasteiger partial charge in [-0.05, 0) is 32.7 Å². The molecule has 0 rings (SSSR count). The van der Waals surface area contributed by atoms with Crippen LogP contribution < -0.4 is 27.4 Å². The maximum absolute atomic E-state index is 12.6. The van der Waals surface area contributed by atoms with Gasteiger partial charge in [-0.3, -0.25) is 19.2 Å². The zero-order valence-electron chi connectivity index (χ0n) is 17.1. The first-order valence-corrected chi connectivity index (χ1v) is 9.54. The second kappa shape index (κ2) is 14.2. The maximum Gasteiger partial charge on any atom is 0.328 e. The Labute approximate surface area is 178 Å². The quantitative estimate of drug-likeness (QED) is 0.108. The number of carboxylic acid groups (broad SMARTS) is 2. The minimum atomic E-state index is -1.73. The lowest BCUT2D eigenvalue weighted by Crippen LogP contribution is -2.58. The third-order valence-electron chi connectivity index (χ3n) is 4.17. The lowest BCUT2D eigenvalue weighted by atomic mass is 10.1. The van der Waals surface area contributed by atoms with E-state index >= 15 is 0 Å². The molecule has 0 saturated heterocycles. The number of aliphatic carboxylic acids is 2. The molecule has 11 N–H and O–H groups in total. The summed E-state index contributed by atoms with van der Waals surface area (Å²) in [6, 6.07) is -5.94. The third-order valence-corrected chi connectivity index (χ3v) is 4.17. The molecule has 5 unspecified atom stereocenters. The van der Waals surface area contributed by atoms with Crippen LogP contribution in [0.1, 0.15) is 32.6 Å². The van der Waals surface area contributed by atoms with E-state index in [0.29, 0.717) is 19.4 Å². The summed E-state index contributed by atoms with van der Waals surface area (Å²) in [6.45, 7) is 0.749. The Morgan fingerprint density at radius 3 is 1.90 bits per heavy atom. The number of nitrogens with one attached hydrogen (secondary N) is 3. The number of unbranched alkanes of at least 4 members (excludes halogenated alkanes) is 1. The number of rotatable bonds is 15. The molecule has 178 valence electrons. The fourth-order valence-electron chi connectivity index (χ4n) is 2.42. The molecule has 0 aromatic carbocycles. The minimum Gasteiger partial charge on any atom is -0.481 e. The minimum absolute atomic E-state index is 0.0831. The molecule has 5 atom stereocenters. The monoisotopic (exact) mass is 449 g/mol. The summed E-state index contributed by atoms with van der Waals surface area (Å²) in [4.78, 5) is 59.2. The average molecular weight is 449 g/mol. The van der Waals surface area contributed by atoms with E-state index in [1.807, 2.05) is 5.32 Å². The van der Waals surface area contributed by atoms with Gasteiger partial charge in [-0.15, -0.1) is 0 Å². The molecule has 3 amide bonds. The van der Waals surface area contributed by atoms with E-state index in [9.17, 15) is 29.1 Å². The topological polar surface area (TPSA) is 254 Å². The molecule has 0 aliphatic rings. The Bertz CT molecular complexity index is 643. The molecule has 31 heavy (non-hydrogen) atoms. The van der Waals surface area contributed by atoms with Gasteiger partial charge < -0.3 is 47.8 Å². The highest BCUT2D eigenvalue weighted by atomic mass is 16.4. The number of carbonyl (C=O) groups excluding carboxylic acids is 3. The van der Waals surface area contributed by atoms with E-state index in [1.54, 1.807) is 0 Å². The Morgan fingerprint density at radius 1 is 0.903 bits per heavy atom. The zero-order valence-corrected chi connectivity index (χ0v) is 17.1. The number of nitrogens with two attached hydrogens (primary N) is 2. The molecular weight excluding hydrogens is 418 g/mol. The van der Waals surface area contributed by atoms with Crippen molar-refractivity contribution in [3.63, 3.8) is 0 Å². The molecule has 0 aromatic heterocycles. The van der Waals surface area contributed by atoms with Crippen LogP contribution in [0.5, 0.6) is 0 Å². The van der Waals surface area contributed by atoms with Gasteiger partial charge in [0.2, 0.25) is 17.7 Å². The highest BCUT2D eigenvalue weighted by Crippen LogP contribution is 2.04. The van der Waals surface area contributed by atoms with Crippen LogP contribution in [0.3, 0.4) is 0 Å². The first-order valence-electron chi connectivity index (χ1n) is 9.54. The van der Waals surface area contributed by atoms with Gasteiger partial charge in [0.1, 0.15) is 18.1 Å². The summed E-state index contributed by atoms with van der Waals surface area (Å²) in [6.07, 6.45) is -1.38. The number of hydrogen-bond donors (Lipinski definition) is 9. The zero-order chi connectivity index (χ0) is 24.1. The van der Waals surface area contributed by atoms with E-state index in [2.05, 4.69) is 10.6 Å². The normalized spacial score (nSPS) is 15.6. The van der Waals surface area contributed by atoms with Gasteiger partial charge in [0, 0.05) is 0 Å². The SMILES string of the molecule is CC(O)C(NC(=O)C(CC(=O)O)NC(=O)C(CCCCN)NC(=O)C(N)CO)C(=O)O. The Hall–Kier alpha value is -2.81. The van der Waals surface area contributed by atoms with Crippen LogP contribution >= 0.6 is 0 Å². The molecule has 0 saturated carbocycles. The first kappa shape index (κ1) is 28.2. The number of aliphatic hydroxyl groups excluding tert-OH is 2. The number of carbonyl (C=O) groups is 5. The van der Waals surface area contributed by atoms with Crippen LogP contribution in [0.2, 0.25) is 0 Å². The largest absolute Gasteiger partial charge is 0.481 e. The van der Waals surface area contributed by atoms with Crippen molar-refractivity contribution in [2.45, 2.75) is 62.9 Å². The molecule has 14 nitrogen and oxygen atoms in total. The fourth-order valence-corrected chi connectivity index (χ4v) is 2.42. The summed E-state index contributed by atoms with van der Waals surface area (Å²) < 4.78 is 0. The molecule has 0 fully saturated rings. The molecule has 0 aliphatic carbocycles. The van der Waals surface area contributed by atoms with Crippen molar-refractivity contribution in [1.82, 2.24) is 16.0 Å². The van der Waals surface area contributed by atoms with Crippen molar-refractivity contribution in [3.05, 3.63) is 0 Å². The fraction of sp³-hybridized carbons (Fsp3) is 0.706. The summed E-state index contributed by atoms with van der Waals surface area (Å²) in [5.74, 6) is -5.93. The molecule has 0 bridgehead atoms. The number of amides is 3. The van der Waals surface area contributed by atoms with Crippen LogP contribution in [0.4, 0.5) is 0 Å². The standard InChI is InChI=1S/C17H31N5O9/c1-8(24)13(17(30)31)22-16(29)11(6-12(25)26)21-15(28)10(4-2-3-5-18)20-14(27)9(19)7-23/h8-11,13,23-24H,2-7,18-19H2,1H3,(H,20,27)(H,21,28)(H,22,29)(H,25,26)(H,30,31). The van der Waals surface area contributed by atoms with Crippen molar-refractivity contribution < 1.29 is 44.4 Å². The number of aliphatic hydroxyl groups is 2. The molecule has 0 radical (unpaired) electrons. The average Bonchev–Trinajstić information content (AvgIpc) is 2.68. The predicted molar refractivity (Wildman–Crippen MR) is 105 cm³/mol. The van der Waals surface area contributed by atoms with Crippen molar-refractivity contribution >= 4 is 29.7 Å². The molecule has 14 heteroatoms. The molecule has 0 aromatic rings. The Kier molecular flexibility index (Phi) is 12.9. The van der Waals surface area contributed by atoms with Crippen LogP contribution in [0.25, 0.3) is 0 Å². The van der Waals surface area contributed by atoms with Gasteiger partial charge in [0.15, 0.2) is 6.04 Å². The molecule has 0 spiro atoms. The van der Waals surface area contributed by atoms with E-state index in [0.717, 1.165) is 6.92 Å². The van der Waals surface area contributed by atoms with Crippen LogP contribution in [-0.2, 0) is 24.0 Å². The van der Waals surface area contributed by atoms with Crippen molar-refractivity contribution in [1.29, 1.82) is 0 Å². The van der Waals surface area contributed by atoms with Crippen molar-refractivity contribution in [2.24, 2.45) is 11.5 Å². The van der Waals surface area contributed by atoms with Crippen molar-refractivity contribution in [2.75, 3.05) is 13.2 Å². The molecule has 0 heterocycles. The third kappa shape index (κ3) is 10.7. The molecule has 0 aliphatic heterocycles. The Balaban J connectivity index is 5.46. The van der Waals surface area contributed by atoms with Gasteiger partial charge >= 0.3 is 11.9 Å². The number of carboxylic acids is 2. The van der Waals surface area contributed by atoms with Gasteiger partial charge in [-0.2, -0.15) is 0 Å². The maximum atomic E-state index is 12.6. The summed E-state index contributed by atoms with van der Waals surface area (Å²) >= 11 is 0. The van der Waals surface area contributed by atoms with E-state index in [1.165, 1.54) is 0 Å². The summed E-state index contributed by atoms with van der Waals surface area (Å²) in [7, 11) is 0. The lowest BCUT2D eigenvalue weighted by molar-refractivity contribution is -0.146. The highest BCUT2D eigenvalue weighted by molar-refractivity contribution is 5.95. The van der Waals surface area contributed by atoms with E-state index < -0.39 is 73.0 Å².